The fraction of sp³-hybridized carbons (Fsp3) is 0.222. The van der Waals surface area contributed by atoms with Gasteiger partial charge in [-0.15, -0.1) is 10.2 Å². The monoisotopic (exact) mass is 383 g/mol. The summed E-state index contributed by atoms with van der Waals surface area (Å²) in [7, 11) is -2.97. The van der Waals surface area contributed by atoms with E-state index in [1.54, 1.807) is 24.4 Å². The number of benzene rings is 1. The normalized spacial score (nSPS) is 18.3. The van der Waals surface area contributed by atoms with E-state index in [0.29, 0.717) is 23.4 Å². The van der Waals surface area contributed by atoms with E-state index in [1.807, 2.05) is 24.3 Å². The first-order valence-corrected chi connectivity index (χ1v) is 10.3. The van der Waals surface area contributed by atoms with Gasteiger partial charge in [-0.1, -0.05) is 18.2 Å². The van der Waals surface area contributed by atoms with Crippen molar-refractivity contribution in [3.8, 4) is 0 Å². The summed E-state index contributed by atoms with van der Waals surface area (Å²) in [4.78, 5) is 16.8. The van der Waals surface area contributed by atoms with Crippen LogP contribution in [0.15, 0.2) is 48.7 Å². The molecule has 4 rings (SSSR count). The number of sulfone groups is 1. The number of rotatable bonds is 4. The maximum Gasteiger partial charge on any atom is 0.276 e. The summed E-state index contributed by atoms with van der Waals surface area (Å²) in [6, 6.07) is 12.3. The number of nitrogens with one attached hydrogen (secondary N) is 2. The number of carbonyl (C=O) groups excluding carboxylic acids is 1. The van der Waals surface area contributed by atoms with Gasteiger partial charge < -0.3 is 10.6 Å². The number of amides is 1. The first kappa shape index (κ1) is 17.3. The van der Waals surface area contributed by atoms with Crippen LogP contribution in [0.25, 0.3) is 10.9 Å². The van der Waals surface area contributed by atoms with Crippen molar-refractivity contribution in [2.24, 2.45) is 0 Å². The number of pyridine rings is 1. The molecule has 1 amide bonds. The lowest BCUT2D eigenvalue weighted by atomic mass is 10.2. The molecule has 0 bridgehead atoms. The molecule has 1 atom stereocenters. The van der Waals surface area contributed by atoms with Crippen molar-refractivity contribution < 1.29 is 13.2 Å². The van der Waals surface area contributed by atoms with Crippen LogP contribution >= 0.6 is 0 Å². The van der Waals surface area contributed by atoms with Crippen molar-refractivity contribution in [2.45, 2.75) is 12.5 Å². The molecule has 8 nitrogen and oxygen atoms in total. The van der Waals surface area contributed by atoms with Gasteiger partial charge in [0, 0.05) is 17.6 Å². The minimum absolute atomic E-state index is 0.0883. The van der Waals surface area contributed by atoms with Crippen LogP contribution in [0.5, 0.6) is 0 Å². The fourth-order valence-corrected chi connectivity index (χ4v) is 4.71. The molecule has 9 heteroatoms. The highest BCUT2D eigenvalue weighted by Crippen LogP contribution is 2.21. The second-order valence-corrected chi connectivity index (χ2v) is 8.61. The van der Waals surface area contributed by atoms with E-state index in [4.69, 9.17) is 0 Å². The van der Waals surface area contributed by atoms with E-state index < -0.39 is 15.7 Å². The molecule has 1 aromatic carbocycles. The van der Waals surface area contributed by atoms with Crippen molar-refractivity contribution in [3.05, 3.63) is 54.4 Å². The van der Waals surface area contributed by atoms with E-state index in [-0.39, 0.29) is 23.2 Å². The Morgan fingerprint density at radius 2 is 1.93 bits per heavy atom. The van der Waals surface area contributed by atoms with Crippen molar-refractivity contribution in [2.75, 3.05) is 22.1 Å². The molecule has 2 aromatic heterocycles. The van der Waals surface area contributed by atoms with Gasteiger partial charge in [0.15, 0.2) is 15.5 Å². The molecule has 0 saturated carbocycles. The van der Waals surface area contributed by atoms with Gasteiger partial charge in [-0.05, 0) is 30.7 Å². The number of hydrogen-bond acceptors (Lipinski definition) is 7. The van der Waals surface area contributed by atoms with Crippen molar-refractivity contribution in [3.63, 3.8) is 0 Å². The summed E-state index contributed by atoms with van der Waals surface area (Å²) in [6.45, 7) is 0. The number of para-hydroxylation sites is 1. The van der Waals surface area contributed by atoms with Crippen LogP contribution in [-0.2, 0) is 9.84 Å². The molecule has 2 N–H and O–H groups in total. The second kappa shape index (κ2) is 6.92. The summed E-state index contributed by atoms with van der Waals surface area (Å²) in [5.74, 6) is 0.318. The maximum atomic E-state index is 12.5. The lowest BCUT2D eigenvalue weighted by molar-refractivity contribution is 0.102. The molecular weight excluding hydrogens is 366 g/mol. The summed E-state index contributed by atoms with van der Waals surface area (Å²) in [5, 5.41) is 14.7. The number of hydrogen-bond donors (Lipinski definition) is 2. The number of nitrogens with zero attached hydrogens (tertiary/aromatic N) is 3. The van der Waals surface area contributed by atoms with Crippen LogP contribution in [0.2, 0.25) is 0 Å². The van der Waals surface area contributed by atoms with Gasteiger partial charge in [0.1, 0.15) is 5.82 Å². The van der Waals surface area contributed by atoms with Crippen LogP contribution in [0, 0.1) is 0 Å². The first-order valence-electron chi connectivity index (χ1n) is 8.46. The number of carbonyl (C=O) groups is 1. The summed E-state index contributed by atoms with van der Waals surface area (Å²) >= 11 is 0. The Balaban J connectivity index is 1.46. The highest BCUT2D eigenvalue weighted by molar-refractivity contribution is 7.91. The summed E-state index contributed by atoms with van der Waals surface area (Å²) < 4.78 is 23.0. The third-order valence-corrected chi connectivity index (χ3v) is 6.13. The Labute approximate surface area is 156 Å². The van der Waals surface area contributed by atoms with E-state index in [9.17, 15) is 13.2 Å². The van der Waals surface area contributed by atoms with Crippen LogP contribution in [0.4, 0.5) is 11.5 Å². The van der Waals surface area contributed by atoms with Gasteiger partial charge >= 0.3 is 0 Å². The zero-order chi connectivity index (χ0) is 18.9. The van der Waals surface area contributed by atoms with Gasteiger partial charge in [0.2, 0.25) is 0 Å². The molecule has 1 aliphatic heterocycles. The van der Waals surface area contributed by atoms with E-state index in [2.05, 4.69) is 25.8 Å². The Morgan fingerprint density at radius 3 is 2.67 bits per heavy atom. The quantitative estimate of drug-likeness (QED) is 0.707. The Hall–Kier alpha value is -3.07. The number of fused-ring (bicyclic) bond motifs is 1. The van der Waals surface area contributed by atoms with Crippen LogP contribution in [0.1, 0.15) is 16.9 Å². The minimum Gasteiger partial charge on any atom is -0.365 e. The lowest BCUT2D eigenvalue weighted by Crippen LogP contribution is -2.22. The highest BCUT2D eigenvalue weighted by Gasteiger charge is 2.28. The van der Waals surface area contributed by atoms with Crippen molar-refractivity contribution in [1.82, 2.24) is 15.2 Å². The van der Waals surface area contributed by atoms with E-state index in [0.717, 1.165) is 5.39 Å². The molecule has 1 fully saturated rings. The van der Waals surface area contributed by atoms with Gasteiger partial charge in [-0.2, -0.15) is 0 Å². The largest absolute Gasteiger partial charge is 0.365 e. The highest BCUT2D eigenvalue weighted by atomic mass is 32.2. The first-order chi connectivity index (χ1) is 13.0. The summed E-state index contributed by atoms with van der Waals surface area (Å²) in [6.07, 6.45) is 2.21. The third-order valence-electron chi connectivity index (χ3n) is 4.36. The molecule has 3 heterocycles. The minimum atomic E-state index is -2.97. The van der Waals surface area contributed by atoms with Gasteiger partial charge in [0.05, 0.1) is 22.7 Å². The second-order valence-electron chi connectivity index (χ2n) is 6.38. The molecule has 1 saturated heterocycles. The Kier molecular flexibility index (Phi) is 4.44. The van der Waals surface area contributed by atoms with Crippen LogP contribution in [0.3, 0.4) is 0 Å². The number of aromatic nitrogens is 3. The third kappa shape index (κ3) is 3.87. The molecule has 0 spiro atoms. The van der Waals surface area contributed by atoms with Gasteiger partial charge in [0.25, 0.3) is 5.91 Å². The molecule has 3 aromatic rings. The topological polar surface area (TPSA) is 114 Å². The van der Waals surface area contributed by atoms with Crippen molar-refractivity contribution >= 4 is 38.2 Å². The molecule has 1 unspecified atom stereocenters. The molecule has 138 valence electrons. The Morgan fingerprint density at radius 1 is 1.07 bits per heavy atom. The van der Waals surface area contributed by atoms with Crippen LogP contribution in [-0.4, -0.2) is 47.1 Å². The smallest absolute Gasteiger partial charge is 0.276 e. The maximum absolute atomic E-state index is 12.5. The average Bonchev–Trinajstić information content (AvgIpc) is 3.01. The Bertz CT molecular complexity index is 1090. The van der Waals surface area contributed by atoms with E-state index in [1.165, 1.54) is 0 Å². The standard InChI is InChI=1S/C18H17N5O3S/c24-18(21-14-5-1-3-12-4-2-9-19-17(12)14)15-6-7-16(23-22-15)20-13-8-10-27(25,26)11-13/h1-7,9,13H,8,10-11H2,(H,20,23)(H,21,24). The van der Waals surface area contributed by atoms with Gasteiger partial charge in [-0.25, -0.2) is 8.42 Å². The summed E-state index contributed by atoms with van der Waals surface area (Å²) in [5.41, 5.74) is 1.45. The van der Waals surface area contributed by atoms with Gasteiger partial charge in [-0.3, -0.25) is 9.78 Å². The molecule has 1 aliphatic rings. The van der Waals surface area contributed by atoms with Crippen LogP contribution < -0.4 is 10.6 Å². The molecule has 27 heavy (non-hydrogen) atoms. The fourth-order valence-electron chi connectivity index (χ4n) is 3.04. The predicted molar refractivity (Wildman–Crippen MR) is 102 cm³/mol. The SMILES string of the molecule is O=C(Nc1cccc2cccnc12)c1ccc(NC2CCS(=O)(=O)C2)nn1. The zero-order valence-corrected chi connectivity index (χ0v) is 15.1. The zero-order valence-electron chi connectivity index (χ0n) is 14.3. The molecular formula is C18H17N5O3S. The predicted octanol–water partition coefficient (Wildman–Crippen LogP) is 1.88. The lowest BCUT2D eigenvalue weighted by Gasteiger charge is -2.11. The van der Waals surface area contributed by atoms with Crippen molar-refractivity contribution in [1.29, 1.82) is 0 Å². The number of anilines is 2. The molecule has 0 radical (unpaired) electrons. The molecule has 0 aliphatic carbocycles. The average molecular weight is 383 g/mol. The van der Waals surface area contributed by atoms with E-state index >= 15 is 0 Å².